The Morgan fingerprint density at radius 1 is 1.19 bits per heavy atom. The molecule has 8 nitrogen and oxygen atoms in total. The molecule has 2 bridgehead atoms. The number of ether oxygens (including phenoxy) is 1. The van der Waals surface area contributed by atoms with Crippen LogP contribution in [-0.4, -0.2) is 62.5 Å². The second-order valence-electron chi connectivity index (χ2n) is 6.74. The lowest BCUT2D eigenvalue weighted by Crippen LogP contribution is -2.43. The van der Waals surface area contributed by atoms with E-state index in [0.717, 1.165) is 18.4 Å². The van der Waals surface area contributed by atoms with Crippen LogP contribution in [0.15, 0.2) is 30.3 Å². The first-order chi connectivity index (χ1) is 12.2. The van der Waals surface area contributed by atoms with Crippen LogP contribution >= 0.6 is 7.82 Å². The number of aliphatic hydroxyl groups excluding tert-OH is 1. The van der Waals surface area contributed by atoms with E-state index in [1.54, 1.807) is 0 Å². The molecular weight excluding hydrogens is 361 g/mol. The second-order valence-corrected chi connectivity index (χ2v) is 7.77. The van der Waals surface area contributed by atoms with Crippen molar-refractivity contribution in [3.8, 4) is 0 Å². The van der Waals surface area contributed by atoms with E-state index in [9.17, 15) is 9.90 Å². The molecular formula is C17H26NO7P. The minimum Gasteiger partial charge on any atom is -0.462 e. The van der Waals surface area contributed by atoms with Crippen molar-refractivity contribution < 1.29 is 33.9 Å². The second kappa shape index (κ2) is 9.08. The summed E-state index contributed by atoms with van der Waals surface area (Å²) in [6, 6.07) is 10.5. The minimum absolute atomic E-state index is 0.00367. The number of esters is 1. The molecule has 0 saturated carbocycles. The molecule has 3 rings (SSSR count). The highest BCUT2D eigenvalue weighted by Crippen LogP contribution is 2.36. The molecule has 2 saturated heterocycles. The molecule has 146 valence electrons. The molecule has 2 unspecified atom stereocenters. The van der Waals surface area contributed by atoms with Crippen molar-refractivity contribution >= 4 is 13.8 Å². The maximum Gasteiger partial charge on any atom is 0.466 e. The summed E-state index contributed by atoms with van der Waals surface area (Å²) in [6.45, 7) is -0.206. The Morgan fingerprint density at radius 3 is 2.15 bits per heavy atom. The maximum absolute atomic E-state index is 12.4. The van der Waals surface area contributed by atoms with E-state index in [1.807, 2.05) is 30.3 Å². The van der Waals surface area contributed by atoms with Gasteiger partial charge in [-0.05, 0) is 38.3 Å². The average Bonchev–Trinajstić information content (AvgIpc) is 2.77. The first-order valence-corrected chi connectivity index (χ1v) is 10.1. The first kappa shape index (κ1) is 21.0. The molecule has 2 heterocycles. The fourth-order valence-electron chi connectivity index (χ4n) is 3.71. The van der Waals surface area contributed by atoms with Gasteiger partial charge in [-0.25, -0.2) is 4.57 Å². The van der Waals surface area contributed by atoms with Gasteiger partial charge in [0.1, 0.15) is 12.0 Å². The lowest BCUT2D eigenvalue weighted by Gasteiger charge is -2.36. The molecule has 4 N–H and O–H groups in total. The molecule has 26 heavy (non-hydrogen) atoms. The van der Waals surface area contributed by atoms with Crippen molar-refractivity contribution in [2.45, 2.75) is 49.8 Å². The summed E-state index contributed by atoms with van der Waals surface area (Å²) < 4.78 is 14.6. The molecule has 2 aliphatic heterocycles. The van der Waals surface area contributed by atoms with Crippen molar-refractivity contribution in [1.29, 1.82) is 0 Å². The van der Waals surface area contributed by atoms with Gasteiger partial charge in [-0.2, -0.15) is 0 Å². The van der Waals surface area contributed by atoms with Crippen molar-refractivity contribution in [2.75, 3.05) is 13.7 Å². The van der Waals surface area contributed by atoms with Crippen LogP contribution in [-0.2, 0) is 14.1 Å². The summed E-state index contributed by atoms with van der Waals surface area (Å²) in [5, 5.41) is 9.53. The SMILES string of the molecule is CN1[C@@H]2CC[C@H]1CC(OC(=O)C(CO)c1ccccc1)C2.O=P(O)(O)O. The minimum atomic E-state index is -4.64. The topological polar surface area (TPSA) is 128 Å². The van der Waals surface area contributed by atoms with Crippen molar-refractivity contribution in [3.63, 3.8) is 0 Å². The molecule has 0 aliphatic carbocycles. The van der Waals surface area contributed by atoms with E-state index < -0.39 is 13.7 Å². The van der Waals surface area contributed by atoms with E-state index in [1.165, 1.54) is 12.8 Å². The smallest absolute Gasteiger partial charge is 0.462 e. The highest BCUT2D eigenvalue weighted by Gasteiger charge is 2.40. The summed E-state index contributed by atoms with van der Waals surface area (Å²) in [5.74, 6) is -0.860. The zero-order chi connectivity index (χ0) is 19.3. The van der Waals surface area contributed by atoms with Crippen LogP contribution in [0.2, 0.25) is 0 Å². The third kappa shape index (κ3) is 6.16. The van der Waals surface area contributed by atoms with Crippen LogP contribution in [0.5, 0.6) is 0 Å². The molecule has 0 spiro atoms. The number of aliphatic hydroxyl groups is 1. The van der Waals surface area contributed by atoms with Gasteiger partial charge in [0.15, 0.2) is 0 Å². The molecule has 0 radical (unpaired) electrons. The Hall–Kier alpha value is -1.28. The number of rotatable bonds is 4. The Morgan fingerprint density at radius 2 is 1.69 bits per heavy atom. The largest absolute Gasteiger partial charge is 0.466 e. The number of hydrogen-bond acceptors (Lipinski definition) is 5. The monoisotopic (exact) mass is 387 g/mol. The Bertz CT molecular complexity index is 613. The number of fused-ring (bicyclic) bond motifs is 2. The third-order valence-electron chi connectivity index (χ3n) is 5.01. The Labute approximate surface area is 152 Å². The van der Waals surface area contributed by atoms with Crippen LogP contribution in [0.4, 0.5) is 0 Å². The van der Waals surface area contributed by atoms with Gasteiger partial charge >= 0.3 is 13.8 Å². The van der Waals surface area contributed by atoms with E-state index >= 15 is 0 Å². The van der Waals surface area contributed by atoms with Crippen LogP contribution in [0, 0.1) is 0 Å². The predicted octanol–water partition coefficient (Wildman–Crippen LogP) is 1.00. The number of carbonyl (C=O) groups excluding carboxylic acids is 1. The molecule has 2 aliphatic rings. The normalized spacial score (nSPS) is 26.6. The summed E-state index contributed by atoms with van der Waals surface area (Å²) in [5.41, 5.74) is 0.820. The predicted molar refractivity (Wildman–Crippen MR) is 94.2 cm³/mol. The van der Waals surface area contributed by atoms with E-state index in [0.29, 0.717) is 12.1 Å². The molecule has 9 heteroatoms. The van der Waals surface area contributed by atoms with E-state index in [-0.39, 0.29) is 18.7 Å². The number of piperidine rings is 1. The third-order valence-corrected chi connectivity index (χ3v) is 5.01. The molecule has 2 fully saturated rings. The van der Waals surface area contributed by atoms with Crippen LogP contribution in [0.3, 0.4) is 0 Å². The quantitative estimate of drug-likeness (QED) is 0.445. The standard InChI is InChI=1S/C17H23NO3.H3O4P/c1-18-13-7-8-14(18)10-15(9-13)21-17(20)16(11-19)12-5-3-2-4-6-12;1-5(2,3)4/h2-6,13-16,19H,7-11H2,1H3;(H3,1,2,3,4)/t13-,14+,15?,16?;. The Balaban J connectivity index is 0.000000431. The van der Waals surface area contributed by atoms with Crippen molar-refractivity contribution in [3.05, 3.63) is 35.9 Å². The molecule has 0 amide bonds. The summed E-state index contributed by atoms with van der Waals surface area (Å²) in [4.78, 5) is 36.3. The molecule has 0 aromatic heterocycles. The highest BCUT2D eigenvalue weighted by molar-refractivity contribution is 7.45. The van der Waals surface area contributed by atoms with Gasteiger partial charge in [-0.3, -0.25) is 4.79 Å². The number of phosphoric acid groups is 1. The average molecular weight is 387 g/mol. The number of carbonyl (C=O) groups is 1. The molecule has 1 aromatic carbocycles. The van der Waals surface area contributed by atoms with Gasteiger partial charge in [0.05, 0.1) is 6.61 Å². The summed E-state index contributed by atoms with van der Waals surface area (Å²) >= 11 is 0. The van der Waals surface area contributed by atoms with Gasteiger partial charge in [-0.1, -0.05) is 30.3 Å². The maximum atomic E-state index is 12.4. The van der Waals surface area contributed by atoms with Gasteiger partial charge in [0, 0.05) is 12.1 Å². The molecule has 4 atom stereocenters. The van der Waals surface area contributed by atoms with Crippen LogP contribution < -0.4 is 0 Å². The zero-order valence-electron chi connectivity index (χ0n) is 14.6. The highest BCUT2D eigenvalue weighted by atomic mass is 31.2. The Kier molecular flexibility index (Phi) is 7.34. The summed E-state index contributed by atoms with van der Waals surface area (Å²) in [7, 11) is -2.47. The number of hydrogen-bond donors (Lipinski definition) is 4. The van der Waals surface area contributed by atoms with Crippen molar-refractivity contribution in [1.82, 2.24) is 4.90 Å². The summed E-state index contributed by atoms with van der Waals surface area (Å²) in [6.07, 6.45) is 4.26. The van der Waals surface area contributed by atoms with Crippen molar-refractivity contribution in [2.24, 2.45) is 0 Å². The van der Waals surface area contributed by atoms with Gasteiger partial charge in [0.25, 0.3) is 0 Å². The van der Waals surface area contributed by atoms with Gasteiger partial charge in [-0.15, -0.1) is 0 Å². The molecule has 1 aromatic rings. The van der Waals surface area contributed by atoms with Gasteiger partial charge < -0.3 is 29.4 Å². The van der Waals surface area contributed by atoms with E-state index in [2.05, 4.69) is 11.9 Å². The number of benzene rings is 1. The van der Waals surface area contributed by atoms with E-state index in [4.69, 9.17) is 24.0 Å². The zero-order valence-corrected chi connectivity index (χ0v) is 15.5. The fraction of sp³-hybridized carbons (Fsp3) is 0.588. The lowest BCUT2D eigenvalue weighted by molar-refractivity contribution is -0.155. The first-order valence-electron chi connectivity index (χ1n) is 8.55. The number of nitrogens with zero attached hydrogens (tertiary/aromatic N) is 1. The van der Waals surface area contributed by atoms with Crippen LogP contribution in [0.25, 0.3) is 0 Å². The van der Waals surface area contributed by atoms with Crippen LogP contribution in [0.1, 0.15) is 37.2 Å². The lowest BCUT2D eigenvalue weighted by atomic mass is 9.98. The van der Waals surface area contributed by atoms with Gasteiger partial charge in [0.2, 0.25) is 0 Å². The fourth-order valence-corrected chi connectivity index (χ4v) is 3.71.